The zero-order valence-electron chi connectivity index (χ0n) is 14.7. The van der Waals surface area contributed by atoms with Crippen molar-refractivity contribution in [1.29, 1.82) is 0 Å². The molecule has 0 unspecified atom stereocenters. The van der Waals surface area contributed by atoms with E-state index < -0.39 is 0 Å². The van der Waals surface area contributed by atoms with Gasteiger partial charge in [0.2, 0.25) is 5.91 Å². The van der Waals surface area contributed by atoms with E-state index in [2.05, 4.69) is 45.8 Å². The highest BCUT2D eigenvalue weighted by molar-refractivity contribution is 7.15. The number of likely N-dealkylation sites (tertiary alicyclic amines) is 1. The maximum Gasteiger partial charge on any atom is 0.217 e. The second-order valence-corrected chi connectivity index (χ2v) is 8.27. The maximum absolute atomic E-state index is 11.3. The standard InChI is InChI=1S/C19H24N4OS/c1-12(24)21-6-13-3-14(16-7-20-8-16)5-15(4-13)18-9-22-19(25-18)17-10-23(2)11-17/h3-5,9,16-17,20H,6-8,10-11H2,1-2H3,(H,21,24). The second-order valence-electron chi connectivity index (χ2n) is 7.21. The van der Waals surface area contributed by atoms with Gasteiger partial charge in [0.15, 0.2) is 0 Å². The van der Waals surface area contributed by atoms with Crippen molar-refractivity contribution in [3.63, 3.8) is 0 Å². The number of hydrogen-bond donors (Lipinski definition) is 2. The molecule has 132 valence electrons. The molecule has 1 aromatic heterocycles. The Morgan fingerprint density at radius 2 is 2.12 bits per heavy atom. The van der Waals surface area contributed by atoms with Crippen LogP contribution < -0.4 is 10.6 Å². The third kappa shape index (κ3) is 3.61. The predicted octanol–water partition coefficient (Wildman–Crippen LogP) is 2.16. The summed E-state index contributed by atoms with van der Waals surface area (Å²) < 4.78 is 0. The number of hydrogen-bond acceptors (Lipinski definition) is 5. The van der Waals surface area contributed by atoms with Gasteiger partial charge < -0.3 is 15.5 Å². The molecule has 0 spiro atoms. The molecule has 0 bridgehead atoms. The fourth-order valence-corrected chi connectivity index (χ4v) is 4.40. The Labute approximate surface area is 152 Å². The molecular formula is C19H24N4OS. The lowest BCUT2D eigenvalue weighted by Crippen LogP contribution is -2.41. The Morgan fingerprint density at radius 1 is 1.32 bits per heavy atom. The first kappa shape index (κ1) is 16.7. The van der Waals surface area contributed by atoms with E-state index in [9.17, 15) is 4.79 Å². The Kier molecular flexibility index (Phi) is 4.58. The van der Waals surface area contributed by atoms with E-state index in [4.69, 9.17) is 0 Å². The van der Waals surface area contributed by atoms with Crippen LogP contribution in [0, 0.1) is 0 Å². The molecule has 0 atom stereocenters. The lowest BCUT2D eigenvalue weighted by atomic mass is 9.90. The smallest absolute Gasteiger partial charge is 0.217 e. The zero-order valence-corrected chi connectivity index (χ0v) is 15.5. The molecule has 0 aliphatic carbocycles. The number of nitrogens with one attached hydrogen (secondary N) is 2. The highest BCUT2D eigenvalue weighted by Gasteiger charge is 2.27. The van der Waals surface area contributed by atoms with Crippen LogP contribution in [0.3, 0.4) is 0 Å². The molecule has 2 saturated heterocycles. The van der Waals surface area contributed by atoms with Gasteiger partial charge in [-0.05, 0) is 35.9 Å². The first-order valence-corrected chi connectivity index (χ1v) is 9.64. The first-order chi connectivity index (χ1) is 12.1. The van der Waals surface area contributed by atoms with Gasteiger partial charge in [0.25, 0.3) is 0 Å². The van der Waals surface area contributed by atoms with Gasteiger partial charge in [-0.2, -0.15) is 0 Å². The lowest BCUT2D eigenvalue weighted by Gasteiger charge is -2.34. The molecule has 2 fully saturated rings. The van der Waals surface area contributed by atoms with Gasteiger partial charge in [-0.3, -0.25) is 4.79 Å². The van der Waals surface area contributed by atoms with E-state index in [0.29, 0.717) is 18.4 Å². The SMILES string of the molecule is CC(=O)NCc1cc(-c2cnc(C3CN(C)C3)s2)cc(C2CNC2)c1. The van der Waals surface area contributed by atoms with Gasteiger partial charge in [0.1, 0.15) is 0 Å². The minimum absolute atomic E-state index is 0.00597. The van der Waals surface area contributed by atoms with Gasteiger partial charge in [-0.15, -0.1) is 11.3 Å². The molecule has 1 aromatic carbocycles. The van der Waals surface area contributed by atoms with E-state index in [0.717, 1.165) is 31.7 Å². The monoisotopic (exact) mass is 356 g/mol. The number of carbonyl (C=O) groups is 1. The average molecular weight is 356 g/mol. The third-order valence-electron chi connectivity index (χ3n) is 5.03. The summed E-state index contributed by atoms with van der Waals surface area (Å²) >= 11 is 1.81. The summed E-state index contributed by atoms with van der Waals surface area (Å²) in [7, 11) is 2.15. The summed E-state index contributed by atoms with van der Waals surface area (Å²) in [6, 6.07) is 6.72. The Balaban J connectivity index is 1.60. The van der Waals surface area contributed by atoms with E-state index in [1.165, 1.54) is 21.0 Å². The molecule has 2 aromatic rings. The summed E-state index contributed by atoms with van der Waals surface area (Å²) in [4.78, 5) is 19.5. The van der Waals surface area contributed by atoms with Gasteiger partial charge in [0, 0.05) is 57.7 Å². The zero-order chi connectivity index (χ0) is 17.4. The largest absolute Gasteiger partial charge is 0.352 e. The molecule has 5 nitrogen and oxygen atoms in total. The summed E-state index contributed by atoms with van der Waals surface area (Å²) in [6.07, 6.45) is 2.01. The van der Waals surface area contributed by atoms with Crippen LogP contribution in [0.4, 0.5) is 0 Å². The molecule has 25 heavy (non-hydrogen) atoms. The van der Waals surface area contributed by atoms with Crippen LogP contribution in [-0.4, -0.2) is 49.0 Å². The van der Waals surface area contributed by atoms with Crippen molar-refractivity contribution >= 4 is 17.2 Å². The lowest BCUT2D eigenvalue weighted by molar-refractivity contribution is -0.119. The Hall–Kier alpha value is -1.76. The van der Waals surface area contributed by atoms with E-state index in [1.54, 1.807) is 6.92 Å². The van der Waals surface area contributed by atoms with E-state index in [1.807, 2.05) is 17.5 Å². The van der Waals surface area contributed by atoms with Crippen LogP contribution >= 0.6 is 11.3 Å². The van der Waals surface area contributed by atoms with Gasteiger partial charge in [-0.25, -0.2) is 4.98 Å². The fraction of sp³-hybridized carbons (Fsp3) is 0.474. The summed E-state index contributed by atoms with van der Waals surface area (Å²) in [5, 5.41) is 7.50. The minimum atomic E-state index is 0.00597. The van der Waals surface area contributed by atoms with Crippen molar-refractivity contribution in [2.75, 3.05) is 33.2 Å². The number of amides is 1. The van der Waals surface area contributed by atoms with Gasteiger partial charge >= 0.3 is 0 Å². The number of carbonyl (C=O) groups excluding carboxylic acids is 1. The topological polar surface area (TPSA) is 57.3 Å². The molecule has 1 amide bonds. The van der Waals surface area contributed by atoms with Crippen molar-refractivity contribution in [1.82, 2.24) is 20.5 Å². The number of aromatic nitrogens is 1. The Morgan fingerprint density at radius 3 is 2.76 bits per heavy atom. The fourth-order valence-electron chi connectivity index (χ4n) is 3.41. The molecule has 2 aliphatic heterocycles. The molecule has 6 heteroatoms. The maximum atomic E-state index is 11.3. The molecule has 3 heterocycles. The predicted molar refractivity (Wildman–Crippen MR) is 101 cm³/mol. The number of benzene rings is 1. The van der Waals surface area contributed by atoms with Crippen LogP contribution in [0.2, 0.25) is 0 Å². The summed E-state index contributed by atoms with van der Waals surface area (Å²) in [5.41, 5.74) is 3.74. The number of rotatable bonds is 5. The normalized spacial score (nSPS) is 18.6. The molecule has 4 rings (SSSR count). The van der Waals surface area contributed by atoms with Crippen LogP contribution in [-0.2, 0) is 11.3 Å². The summed E-state index contributed by atoms with van der Waals surface area (Å²) in [6.45, 7) is 6.42. The van der Waals surface area contributed by atoms with Crippen LogP contribution in [0.1, 0.15) is 34.9 Å². The molecule has 0 saturated carbocycles. The number of thiazole rings is 1. The van der Waals surface area contributed by atoms with Crippen molar-refractivity contribution < 1.29 is 4.79 Å². The number of likely N-dealkylation sites (N-methyl/N-ethyl adjacent to an activating group) is 1. The summed E-state index contributed by atoms with van der Waals surface area (Å²) in [5.74, 6) is 1.16. The molecular weight excluding hydrogens is 332 g/mol. The van der Waals surface area contributed by atoms with Crippen molar-refractivity contribution in [2.45, 2.75) is 25.3 Å². The second kappa shape index (κ2) is 6.86. The molecule has 2 aliphatic rings. The Bertz CT molecular complexity index is 777. The van der Waals surface area contributed by atoms with Crippen molar-refractivity contribution in [3.8, 4) is 10.4 Å². The van der Waals surface area contributed by atoms with Crippen LogP contribution in [0.25, 0.3) is 10.4 Å². The minimum Gasteiger partial charge on any atom is -0.352 e. The molecule has 0 radical (unpaired) electrons. The molecule has 2 N–H and O–H groups in total. The van der Waals surface area contributed by atoms with Crippen molar-refractivity contribution in [2.24, 2.45) is 0 Å². The number of nitrogens with zero attached hydrogens (tertiary/aromatic N) is 2. The first-order valence-electron chi connectivity index (χ1n) is 8.82. The third-order valence-corrected chi connectivity index (χ3v) is 6.24. The van der Waals surface area contributed by atoms with Gasteiger partial charge in [0.05, 0.1) is 9.88 Å². The van der Waals surface area contributed by atoms with Gasteiger partial charge in [-0.1, -0.05) is 6.07 Å². The average Bonchev–Trinajstić information content (AvgIpc) is 2.97. The van der Waals surface area contributed by atoms with E-state index in [-0.39, 0.29) is 5.91 Å². The van der Waals surface area contributed by atoms with Crippen molar-refractivity contribution in [3.05, 3.63) is 40.5 Å². The quantitative estimate of drug-likeness (QED) is 0.862. The van der Waals surface area contributed by atoms with Crippen LogP contribution in [0.15, 0.2) is 24.4 Å². The highest BCUT2D eigenvalue weighted by atomic mass is 32.1. The van der Waals surface area contributed by atoms with E-state index >= 15 is 0 Å². The van der Waals surface area contributed by atoms with Crippen LogP contribution in [0.5, 0.6) is 0 Å². The highest BCUT2D eigenvalue weighted by Crippen LogP contribution is 2.35.